The highest BCUT2D eigenvalue weighted by Gasteiger charge is 2.17. The third-order valence-electron chi connectivity index (χ3n) is 2.35. The Labute approximate surface area is 105 Å². The summed E-state index contributed by atoms with van der Waals surface area (Å²) >= 11 is 0. The average molecular weight is 273 g/mol. The number of amides is 1. The van der Waals surface area contributed by atoms with Crippen molar-refractivity contribution >= 4 is 15.7 Å². The normalized spacial score (nSPS) is 11.2. The molecule has 7 heteroatoms. The molecule has 0 aromatic heterocycles. The largest absolute Gasteiger partial charge is 0.508 e. The van der Waals surface area contributed by atoms with Crippen LogP contribution in [0, 0.1) is 0 Å². The molecule has 2 N–H and O–H groups in total. The van der Waals surface area contributed by atoms with Crippen LogP contribution in [0.3, 0.4) is 0 Å². The number of benzene rings is 1. The number of carbonyl (C=O) groups is 1. The van der Waals surface area contributed by atoms with Crippen LogP contribution in [-0.2, 0) is 9.84 Å². The van der Waals surface area contributed by atoms with Crippen LogP contribution in [0.15, 0.2) is 18.2 Å². The van der Waals surface area contributed by atoms with Gasteiger partial charge in [-0.15, -0.1) is 0 Å². The minimum atomic E-state index is -3.16. The lowest BCUT2D eigenvalue weighted by Gasteiger charge is -2.17. The lowest BCUT2D eigenvalue weighted by molar-refractivity contribution is 0.0800. The molecule has 0 fully saturated rings. The van der Waals surface area contributed by atoms with E-state index in [4.69, 9.17) is 0 Å². The first-order chi connectivity index (χ1) is 8.20. The molecule has 0 atom stereocenters. The third-order valence-corrected chi connectivity index (χ3v) is 3.28. The van der Waals surface area contributed by atoms with Gasteiger partial charge in [0.05, 0.1) is 11.3 Å². The van der Waals surface area contributed by atoms with E-state index < -0.39 is 15.7 Å². The Morgan fingerprint density at radius 1 is 1.33 bits per heavy atom. The maximum Gasteiger partial charge on any atom is 0.257 e. The second-order valence-corrected chi connectivity index (χ2v) is 6.32. The topological polar surface area (TPSA) is 94.9 Å². The summed E-state index contributed by atoms with van der Waals surface area (Å²) in [6, 6.07) is 3.59. The van der Waals surface area contributed by atoms with Crippen molar-refractivity contribution in [3.8, 4) is 11.5 Å². The Morgan fingerprint density at radius 3 is 2.50 bits per heavy atom. The van der Waals surface area contributed by atoms with Crippen molar-refractivity contribution in [2.24, 2.45) is 0 Å². The fraction of sp³-hybridized carbons (Fsp3) is 0.364. The molecule has 1 amide bonds. The molecule has 0 aliphatic heterocycles. The number of aromatic hydroxyl groups is 2. The standard InChI is InChI=1S/C11H15NO5S/c1-12(5-6-18(2,16)17)11(15)9-7-8(13)3-4-10(9)14/h3-4,7,13-14H,5-6H2,1-2H3. The molecule has 0 aliphatic rings. The molecule has 18 heavy (non-hydrogen) atoms. The third kappa shape index (κ3) is 3.92. The minimum absolute atomic E-state index is 0.0206. The van der Waals surface area contributed by atoms with Gasteiger partial charge < -0.3 is 15.1 Å². The molecule has 0 heterocycles. The van der Waals surface area contributed by atoms with Gasteiger partial charge in [0, 0.05) is 19.8 Å². The predicted molar refractivity (Wildman–Crippen MR) is 66.4 cm³/mol. The van der Waals surface area contributed by atoms with E-state index in [2.05, 4.69) is 0 Å². The van der Waals surface area contributed by atoms with Crippen LogP contribution in [0.5, 0.6) is 11.5 Å². The monoisotopic (exact) mass is 273 g/mol. The number of hydrogen-bond acceptors (Lipinski definition) is 5. The van der Waals surface area contributed by atoms with Gasteiger partial charge in [0.2, 0.25) is 0 Å². The fourth-order valence-corrected chi connectivity index (χ4v) is 1.91. The highest BCUT2D eigenvalue weighted by atomic mass is 32.2. The lowest BCUT2D eigenvalue weighted by atomic mass is 10.1. The molecule has 0 radical (unpaired) electrons. The Hall–Kier alpha value is -1.76. The second-order valence-electron chi connectivity index (χ2n) is 4.06. The molecule has 1 aromatic rings. The van der Waals surface area contributed by atoms with Crippen LogP contribution < -0.4 is 0 Å². The van der Waals surface area contributed by atoms with Gasteiger partial charge in [-0.05, 0) is 18.2 Å². The molecule has 0 spiro atoms. The first kappa shape index (κ1) is 14.3. The van der Waals surface area contributed by atoms with Gasteiger partial charge >= 0.3 is 0 Å². The summed E-state index contributed by atoms with van der Waals surface area (Å²) in [7, 11) is -1.73. The number of phenolic OH excluding ortho intramolecular Hbond substituents is 2. The molecule has 0 bridgehead atoms. The van der Waals surface area contributed by atoms with Crippen LogP contribution in [0.4, 0.5) is 0 Å². The van der Waals surface area contributed by atoms with Gasteiger partial charge in [-0.1, -0.05) is 0 Å². The van der Waals surface area contributed by atoms with E-state index in [9.17, 15) is 23.4 Å². The highest BCUT2D eigenvalue weighted by Crippen LogP contribution is 2.23. The first-order valence-corrected chi connectivity index (χ1v) is 7.22. The van der Waals surface area contributed by atoms with Crippen LogP contribution in [0.25, 0.3) is 0 Å². The van der Waals surface area contributed by atoms with E-state index in [-0.39, 0.29) is 29.4 Å². The highest BCUT2D eigenvalue weighted by molar-refractivity contribution is 7.90. The number of hydrogen-bond donors (Lipinski definition) is 2. The number of carbonyl (C=O) groups excluding carboxylic acids is 1. The Kier molecular flexibility index (Phi) is 4.18. The zero-order valence-electron chi connectivity index (χ0n) is 10.1. The molecule has 1 aromatic carbocycles. The van der Waals surface area contributed by atoms with Gasteiger partial charge in [0.1, 0.15) is 21.3 Å². The zero-order chi connectivity index (χ0) is 13.9. The van der Waals surface area contributed by atoms with E-state index in [0.29, 0.717) is 0 Å². The Morgan fingerprint density at radius 2 is 1.94 bits per heavy atom. The van der Waals surface area contributed by atoms with E-state index in [1.807, 2.05) is 0 Å². The Balaban J connectivity index is 2.83. The number of nitrogens with zero attached hydrogens (tertiary/aromatic N) is 1. The SMILES string of the molecule is CN(CCS(C)(=O)=O)C(=O)c1cc(O)ccc1O. The minimum Gasteiger partial charge on any atom is -0.508 e. The molecule has 0 unspecified atom stereocenters. The van der Waals surface area contributed by atoms with E-state index in [1.165, 1.54) is 24.1 Å². The maximum absolute atomic E-state index is 11.9. The summed E-state index contributed by atoms with van der Waals surface area (Å²) in [4.78, 5) is 13.1. The summed E-state index contributed by atoms with van der Waals surface area (Å²) < 4.78 is 22.0. The number of phenols is 2. The van der Waals surface area contributed by atoms with E-state index in [0.717, 1.165) is 12.3 Å². The van der Waals surface area contributed by atoms with Crippen molar-refractivity contribution in [1.82, 2.24) is 4.90 Å². The van der Waals surface area contributed by atoms with Crippen molar-refractivity contribution < 1.29 is 23.4 Å². The first-order valence-electron chi connectivity index (χ1n) is 5.16. The molecular formula is C11H15NO5S. The summed E-state index contributed by atoms with van der Waals surface area (Å²) in [5, 5.41) is 18.8. The molecule has 6 nitrogen and oxygen atoms in total. The van der Waals surface area contributed by atoms with Gasteiger partial charge in [0.15, 0.2) is 0 Å². The van der Waals surface area contributed by atoms with Crippen LogP contribution in [-0.4, -0.2) is 55.0 Å². The summed E-state index contributed by atoms with van der Waals surface area (Å²) in [5.74, 6) is -1.11. The van der Waals surface area contributed by atoms with Crippen molar-refractivity contribution in [3.63, 3.8) is 0 Å². The Bertz CT molecular complexity index is 553. The van der Waals surface area contributed by atoms with Gasteiger partial charge in [0.25, 0.3) is 5.91 Å². The van der Waals surface area contributed by atoms with Crippen LogP contribution >= 0.6 is 0 Å². The zero-order valence-corrected chi connectivity index (χ0v) is 10.9. The maximum atomic E-state index is 11.9. The lowest BCUT2D eigenvalue weighted by Crippen LogP contribution is -2.31. The van der Waals surface area contributed by atoms with Gasteiger partial charge in [-0.3, -0.25) is 4.79 Å². The molecular weight excluding hydrogens is 258 g/mol. The van der Waals surface area contributed by atoms with Crippen molar-refractivity contribution in [1.29, 1.82) is 0 Å². The van der Waals surface area contributed by atoms with Crippen LogP contribution in [0.1, 0.15) is 10.4 Å². The summed E-state index contributed by atoms with van der Waals surface area (Å²) in [5.41, 5.74) is -0.0639. The number of sulfone groups is 1. The van der Waals surface area contributed by atoms with Gasteiger partial charge in [-0.2, -0.15) is 0 Å². The molecule has 0 aliphatic carbocycles. The number of rotatable bonds is 4. The summed E-state index contributed by atoms with van der Waals surface area (Å²) in [6.45, 7) is 0.0206. The molecule has 1 rings (SSSR count). The van der Waals surface area contributed by atoms with E-state index in [1.54, 1.807) is 0 Å². The quantitative estimate of drug-likeness (QED) is 0.765. The van der Waals surface area contributed by atoms with Crippen LogP contribution in [0.2, 0.25) is 0 Å². The van der Waals surface area contributed by atoms with E-state index >= 15 is 0 Å². The van der Waals surface area contributed by atoms with Crippen molar-refractivity contribution in [2.75, 3.05) is 25.6 Å². The van der Waals surface area contributed by atoms with Gasteiger partial charge in [-0.25, -0.2) is 8.42 Å². The smallest absolute Gasteiger partial charge is 0.257 e. The molecule has 0 saturated carbocycles. The van der Waals surface area contributed by atoms with Crippen molar-refractivity contribution in [2.45, 2.75) is 0 Å². The van der Waals surface area contributed by atoms with Crippen molar-refractivity contribution in [3.05, 3.63) is 23.8 Å². The second kappa shape index (κ2) is 5.26. The predicted octanol–water partition coefficient (Wildman–Crippen LogP) is 0.214. The molecule has 0 saturated heterocycles. The average Bonchev–Trinajstić information content (AvgIpc) is 2.27. The fourth-order valence-electron chi connectivity index (χ4n) is 1.31. The molecule has 100 valence electrons. The summed E-state index contributed by atoms with van der Waals surface area (Å²) in [6.07, 6.45) is 1.08.